The summed E-state index contributed by atoms with van der Waals surface area (Å²) in [5, 5.41) is 5.20. The molecule has 8 aromatic carbocycles. The van der Waals surface area contributed by atoms with Crippen LogP contribution in [0.1, 0.15) is 0 Å². The van der Waals surface area contributed by atoms with Gasteiger partial charge in [0.25, 0.3) is 0 Å². The van der Waals surface area contributed by atoms with Gasteiger partial charge >= 0.3 is 0 Å². The Kier molecular flexibility index (Phi) is 6.55. The normalized spacial score (nSPS) is 11.8. The van der Waals surface area contributed by atoms with Gasteiger partial charge in [-0.2, -0.15) is 0 Å². The number of aromatic nitrogens is 3. The van der Waals surface area contributed by atoms with Crippen molar-refractivity contribution in [3.8, 4) is 73.0 Å². The van der Waals surface area contributed by atoms with Crippen LogP contribution in [-0.4, -0.2) is 14.5 Å². The van der Waals surface area contributed by atoms with Gasteiger partial charge in [0.05, 0.1) is 22.4 Å². The molecule has 0 radical (unpaired) electrons. The van der Waals surface area contributed by atoms with E-state index in [0.717, 1.165) is 39.3 Å². The minimum absolute atomic E-state index is 0.708. The Balaban J connectivity index is 1.05. The van der Waals surface area contributed by atoms with E-state index in [2.05, 4.69) is 168 Å². The van der Waals surface area contributed by atoms with Crippen LogP contribution < -0.4 is 0 Å². The van der Waals surface area contributed by atoms with E-state index in [0.29, 0.717) is 5.82 Å². The predicted octanol–water partition coefficient (Wildman–Crippen LogP) is 13.0. The fourth-order valence-electron chi connectivity index (χ4n) is 8.35. The molecule has 11 rings (SSSR count). The van der Waals surface area contributed by atoms with Gasteiger partial charge in [0.1, 0.15) is 0 Å². The molecule has 0 spiro atoms. The van der Waals surface area contributed by atoms with E-state index in [1.165, 1.54) is 60.4 Å². The second-order valence-electron chi connectivity index (χ2n) is 13.8. The molecular formula is C50H31N3. The largest absolute Gasteiger partial charge is 0.309 e. The second kappa shape index (κ2) is 11.7. The van der Waals surface area contributed by atoms with Crippen molar-refractivity contribution >= 4 is 32.6 Å². The molecular weight excluding hydrogens is 643 g/mol. The Labute approximate surface area is 307 Å². The summed E-state index contributed by atoms with van der Waals surface area (Å²) >= 11 is 0. The highest BCUT2D eigenvalue weighted by Crippen LogP contribution is 2.52. The minimum atomic E-state index is 0.708. The minimum Gasteiger partial charge on any atom is -0.309 e. The molecule has 2 aromatic heterocycles. The third-order valence-electron chi connectivity index (χ3n) is 10.7. The summed E-state index contributed by atoms with van der Waals surface area (Å²) < 4.78 is 2.41. The van der Waals surface area contributed by atoms with Gasteiger partial charge in [0.15, 0.2) is 5.82 Å². The molecule has 0 unspecified atom stereocenters. The summed E-state index contributed by atoms with van der Waals surface area (Å²) in [6.07, 6.45) is 0. The third-order valence-corrected chi connectivity index (χ3v) is 10.7. The SMILES string of the molecule is c1ccc(-c2cccc(-c3cc(-c4ccc(-n5c6ccccc6c6c7c(ccc65)-c5cccc6cccc-7c56)cc4)nc(-c4ccccc4)n3)c2)cc1. The zero-order valence-corrected chi connectivity index (χ0v) is 28.7. The van der Waals surface area contributed by atoms with Gasteiger partial charge in [0, 0.05) is 38.7 Å². The van der Waals surface area contributed by atoms with Crippen molar-refractivity contribution in [2.45, 2.75) is 0 Å². The fraction of sp³-hybridized carbons (Fsp3) is 0. The van der Waals surface area contributed by atoms with Gasteiger partial charge in [-0.15, -0.1) is 0 Å². The van der Waals surface area contributed by atoms with Crippen molar-refractivity contribution in [2.75, 3.05) is 0 Å². The van der Waals surface area contributed by atoms with E-state index >= 15 is 0 Å². The summed E-state index contributed by atoms with van der Waals surface area (Å²) in [6.45, 7) is 0. The van der Waals surface area contributed by atoms with Crippen LogP contribution in [0.15, 0.2) is 188 Å². The molecule has 1 aliphatic carbocycles. The first-order chi connectivity index (χ1) is 26.3. The Bertz CT molecular complexity index is 3030. The van der Waals surface area contributed by atoms with Crippen LogP contribution in [0.4, 0.5) is 0 Å². The number of hydrogen-bond acceptors (Lipinski definition) is 2. The molecule has 53 heavy (non-hydrogen) atoms. The molecule has 0 aliphatic heterocycles. The molecule has 0 saturated carbocycles. The van der Waals surface area contributed by atoms with Gasteiger partial charge in [0.2, 0.25) is 0 Å². The van der Waals surface area contributed by atoms with E-state index < -0.39 is 0 Å². The maximum absolute atomic E-state index is 5.13. The van der Waals surface area contributed by atoms with Gasteiger partial charge < -0.3 is 4.57 Å². The first-order valence-electron chi connectivity index (χ1n) is 18.1. The van der Waals surface area contributed by atoms with Crippen molar-refractivity contribution in [3.63, 3.8) is 0 Å². The second-order valence-corrected chi connectivity index (χ2v) is 13.8. The van der Waals surface area contributed by atoms with Gasteiger partial charge in [-0.05, 0) is 75.0 Å². The summed E-state index contributed by atoms with van der Waals surface area (Å²) in [7, 11) is 0. The van der Waals surface area contributed by atoms with Crippen molar-refractivity contribution in [2.24, 2.45) is 0 Å². The molecule has 0 N–H and O–H groups in total. The molecule has 3 nitrogen and oxygen atoms in total. The molecule has 1 aliphatic rings. The highest BCUT2D eigenvalue weighted by atomic mass is 15.0. The average molecular weight is 674 g/mol. The fourth-order valence-corrected chi connectivity index (χ4v) is 8.35. The van der Waals surface area contributed by atoms with Crippen LogP contribution >= 0.6 is 0 Å². The van der Waals surface area contributed by atoms with Gasteiger partial charge in [-0.25, -0.2) is 9.97 Å². The predicted molar refractivity (Wildman–Crippen MR) is 220 cm³/mol. The number of para-hydroxylation sites is 1. The Morgan fingerprint density at radius 1 is 0.358 bits per heavy atom. The van der Waals surface area contributed by atoms with Gasteiger partial charge in [-0.3, -0.25) is 0 Å². The smallest absolute Gasteiger partial charge is 0.160 e. The summed E-state index contributed by atoms with van der Waals surface area (Å²) in [4.78, 5) is 10.2. The van der Waals surface area contributed by atoms with Crippen LogP contribution in [0.25, 0.3) is 106 Å². The van der Waals surface area contributed by atoms with E-state index in [1.807, 2.05) is 24.3 Å². The van der Waals surface area contributed by atoms with Crippen LogP contribution in [-0.2, 0) is 0 Å². The zero-order valence-electron chi connectivity index (χ0n) is 28.7. The van der Waals surface area contributed by atoms with E-state index in [9.17, 15) is 0 Å². The number of benzene rings is 8. The lowest BCUT2D eigenvalue weighted by Gasteiger charge is -2.12. The molecule has 2 heterocycles. The molecule has 0 amide bonds. The molecule has 246 valence electrons. The maximum atomic E-state index is 5.13. The van der Waals surface area contributed by atoms with Crippen LogP contribution in [0, 0.1) is 0 Å². The van der Waals surface area contributed by atoms with Gasteiger partial charge in [-0.1, -0.05) is 152 Å². The van der Waals surface area contributed by atoms with Crippen LogP contribution in [0.5, 0.6) is 0 Å². The topological polar surface area (TPSA) is 30.7 Å². The molecule has 0 saturated heterocycles. The maximum Gasteiger partial charge on any atom is 0.160 e. The number of hydrogen-bond donors (Lipinski definition) is 0. The van der Waals surface area contributed by atoms with Crippen LogP contribution in [0.2, 0.25) is 0 Å². The average Bonchev–Trinajstić information content (AvgIpc) is 3.75. The van der Waals surface area contributed by atoms with E-state index in [-0.39, 0.29) is 0 Å². The van der Waals surface area contributed by atoms with Crippen molar-refractivity contribution in [1.29, 1.82) is 0 Å². The lowest BCUT2D eigenvalue weighted by Crippen LogP contribution is -1.97. The number of rotatable bonds is 5. The zero-order chi connectivity index (χ0) is 34.9. The van der Waals surface area contributed by atoms with Crippen molar-refractivity contribution < 1.29 is 0 Å². The van der Waals surface area contributed by atoms with Crippen molar-refractivity contribution in [1.82, 2.24) is 14.5 Å². The summed E-state index contributed by atoms with van der Waals surface area (Å²) in [6, 6.07) is 67.1. The highest BCUT2D eigenvalue weighted by molar-refractivity contribution is 6.26. The lowest BCUT2D eigenvalue weighted by atomic mass is 9.98. The monoisotopic (exact) mass is 673 g/mol. The lowest BCUT2D eigenvalue weighted by molar-refractivity contribution is 1.17. The molecule has 0 bridgehead atoms. The van der Waals surface area contributed by atoms with Crippen LogP contribution in [0.3, 0.4) is 0 Å². The van der Waals surface area contributed by atoms with E-state index in [4.69, 9.17) is 9.97 Å². The Hall–Kier alpha value is -7.10. The number of nitrogens with zero attached hydrogens (tertiary/aromatic N) is 3. The summed E-state index contributed by atoms with van der Waals surface area (Å²) in [5.41, 5.74) is 16.0. The summed E-state index contributed by atoms with van der Waals surface area (Å²) in [5.74, 6) is 0.708. The first-order valence-corrected chi connectivity index (χ1v) is 18.1. The highest BCUT2D eigenvalue weighted by Gasteiger charge is 2.26. The van der Waals surface area contributed by atoms with E-state index in [1.54, 1.807) is 0 Å². The molecule has 3 heteroatoms. The molecule has 0 fully saturated rings. The molecule has 0 atom stereocenters. The first kappa shape index (κ1) is 29.6. The Morgan fingerprint density at radius 2 is 1.00 bits per heavy atom. The standard InChI is InChI=1S/C50H31N3/c1-3-12-32(13-4-1)36-18-9-19-37(30-36)44-31-43(51-50(52-44)35-14-5-2-6-15-35)33-24-26-38(27-25-33)53-45-23-8-7-20-41(45)49-46(53)29-28-40-39-21-10-16-34-17-11-22-42(47(34)39)48(40)49/h1-31H. The Morgan fingerprint density at radius 3 is 1.79 bits per heavy atom. The number of fused-ring (bicyclic) bond motifs is 7. The third kappa shape index (κ3) is 4.68. The quantitative estimate of drug-likeness (QED) is 0.182. The molecule has 10 aromatic rings. The van der Waals surface area contributed by atoms with Crippen molar-refractivity contribution in [3.05, 3.63) is 188 Å².